The van der Waals surface area contributed by atoms with Gasteiger partial charge in [0.25, 0.3) is 5.89 Å². The Kier molecular flexibility index (Phi) is 4.58. The molecule has 26 heavy (non-hydrogen) atoms. The van der Waals surface area contributed by atoms with Crippen LogP contribution in [0.3, 0.4) is 0 Å². The summed E-state index contributed by atoms with van der Waals surface area (Å²) in [6.45, 7) is 1.11. The second kappa shape index (κ2) is 6.75. The first-order chi connectivity index (χ1) is 12.5. The molecule has 2 N–H and O–H groups in total. The first kappa shape index (κ1) is 17.6. The van der Waals surface area contributed by atoms with Gasteiger partial charge in [0.05, 0.1) is 16.0 Å². The van der Waals surface area contributed by atoms with Gasteiger partial charge in [-0.1, -0.05) is 36.6 Å². The van der Waals surface area contributed by atoms with E-state index in [9.17, 15) is 8.42 Å². The highest BCUT2D eigenvalue weighted by Gasteiger charge is 2.37. The molecule has 4 rings (SSSR count). The van der Waals surface area contributed by atoms with Crippen LogP contribution >= 0.6 is 0 Å². The highest BCUT2D eigenvalue weighted by Crippen LogP contribution is 2.36. The van der Waals surface area contributed by atoms with Gasteiger partial charge in [0.1, 0.15) is 0 Å². The van der Waals surface area contributed by atoms with E-state index in [0.29, 0.717) is 24.5 Å². The van der Waals surface area contributed by atoms with E-state index in [2.05, 4.69) is 10.1 Å². The summed E-state index contributed by atoms with van der Waals surface area (Å²) in [5, 5.41) is 4.06. The molecular formula is C18H24N4O3S. The number of aromatic nitrogens is 2. The van der Waals surface area contributed by atoms with Crippen LogP contribution in [0.1, 0.15) is 50.8 Å². The maximum atomic E-state index is 13.1. The molecule has 0 atom stereocenters. The van der Waals surface area contributed by atoms with Crippen molar-refractivity contribution in [1.82, 2.24) is 14.4 Å². The predicted molar refractivity (Wildman–Crippen MR) is 96.7 cm³/mol. The Morgan fingerprint density at radius 1 is 1.04 bits per heavy atom. The Morgan fingerprint density at radius 2 is 1.73 bits per heavy atom. The summed E-state index contributed by atoms with van der Waals surface area (Å²) >= 11 is 0. The molecule has 2 heterocycles. The van der Waals surface area contributed by atoms with E-state index in [0.717, 1.165) is 44.9 Å². The number of rotatable bonds is 4. The van der Waals surface area contributed by atoms with Gasteiger partial charge in [-0.25, -0.2) is 8.42 Å². The zero-order valence-corrected chi connectivity index (χ0v) is 15.5. The number of benzene rings is 1. The van der Waals surface area contributed by atoms with Crippen molar-refractivity contribution in [2.75, 3.05) is 13.1 Å². The van der Waals surface area contributed by atoms with Gasteiger partial charge >= 0.3 is 0 Å². The van der Waals surface area contributed by atoms with E-state index < -0.39 is 15.6 Å². The van der Waals surface area contributed by atoms with Gasteiger partial charge in [-0.15, -0.1) is 0 Å². The SMILES string of the molecule is NC1(c2noc(-c3ccccc3S(=O)(=O)N3CCCCC3)n2)CCCC1. The zero-order chi connectivity index (χ0) is 18.2. The summed E-state index contributed by atoms with van der Waals surface area (Å²) in [4.78, 5) is 4.69. The normalized spacial score (nSPS) is 21.1. The summed E-state index contributed by atoms with van der Waals surface area (Å²) in [6, 6.07) is 6.82. The van der Waals surface area contributed by atoms with Gasteiger partial charge in [0, 0.05) is 13.1 Å². The molecule has 0 spiro atoms. The Hall–Kier alpha value is -1.77. The van der Waals surface area contributed by atoms with Gasteiger partial charge in [0.2, 0.25) is 10.0 Å². The van der Waals surface area contributed by atoms with Crippen LogP contribution in [0, 0.1) is 0 Å². The Labute approximate surface area is 153 Å². The fourth-order valence-electron chi connectivity index (χ4n) is 3.88. The lowest BCUT2D eigenvalue weighted by molar-refractivity contribution is 0.346. The Balaban J connectivity index is 1.71. The second-order valence-electron chi connectivity index (χ2n) is 7.25. The average Bonchev–Trinajstić information content (AvgIpc) is 3.33. The van der Waals surface area contributed by atoms with Crippen molar-refractivity contribution in [2.24, 2.45) is 5.73 Å². The monoisotopic (exact) mass is 376 g/mol. The van der Waals surface area contributed by atoms with Crippen LogP contribution in [0.25, 0.3) is 11.5 Å². The van der Waals surface area contributed by atoms with Crippen LogP contribution in [0.5, 0.6) is 0 Å². The fraction of sp³-hybridized carbons (Fsp3) is 0.556. The van der Waals surface area contributed by atoms with Crippen molar-refractivity contribution in [1.29, 1.82) is 0 Å². The molecule has 2 aromatic rings. The van der Waals surface area contributed by atoms with Crippen LogP contribution in [-0.4, -0.2) is 36.0 Å². The molecule has 0 unspecified atom stereocenters. The van der Waals surface area contributed by atoms with Gasteiger partial charge < -0.3 is 10.3 Å². The van der Waals surface area contributed by atoms with Crippen LogP contribution in [0.2, 0.25) is 0 Å². The lowest BCUT2D eigenvalue weighted by Gasteiger charge is -2.26. The molecule has 1 aliphatic heterocycles. The molecule has 2 aliphatic rings. The Bertz CT molecular complexity index is 881. The van der Waals surface area contributed by atoms with Crippen LogP contribution in [0.4, 0.5) is 0 Å². The van der Waals surface area contributed by atoms with E-state index in [4.69, 9.17) is 10.3 Å². The third-order valence-electron chi connectivity index (χ3n) is 5.42. The maximum absolute atomic E-state index is 13.1. The number of nitrogens with two attached hydrogens (primary N) is 1. The molecule has 8 heteroatoms. The predicted octanol–water partition coefficient (Wildman–Crippen LogP) is 2.64. The first-order valence-electron chi connectivity index (χ1n) is 9.23. The fourth-order valence-corrected chi connectivity index (χ4v) is 5.58. The smallest absolute Gasteiger partial charge is 0.259 e. The minimum atomic E-state index is -3.59. The molecule has 1 aromatic heterocycles. The summed E-state index contributed by atoms with van der Waals surface area (Å²) in [7, 11) is -3.59. The van der Waals surface area contributed by atoms with E-state index in [-0.39, 0.29) is 10.8 Å². The number of piperidine rings is 1. The topological polar surface area (TPSA) is 102 Å². The molecule has 1 saturated heterocycles. The average molecular weight is 376 g/mol. The summed E-state index contributed by atoms with van der Waals surface area (Å²) in [5.74, 6) is 0.683. The standard InChI is InChI=1S/C18H24N4O3S/c19-18(10-4-5-11-18)17-20-16(25-21-17)14-8-2-3-9-15(14)26(23,24)22-12-6-1-7-13-22/h2-3,8-9H,1,4-7,10-13,19H2. The Morgan fingerprint density at radius 3 is 2.46 bits per heavy atom. The van der Waals surface area contributed by atoms with Crippen molar-refractivity contribution in [3.8, 4) is 11.5 Å². The van der Waals surface area contributed by atoms with E-state index >= 15 is 0 Å². The molecule has 0 amide bonds. The highest BCUT2D eigenvalue weighted by molar-refractivity contribution is 7.89. The van der Waals surface area contributed by atoms with Crippen LogP contribution in [0.15, 0.2) is 33.7 Å². The largest absolute Gasteiger partial charge is 0.334 e. The second-order valence-corrected chi connectivity index (χ2v) is 9.15. The number of sulfonamides is 1. The minimum absolute atomic E-state index is 0.216. The quantitative estimate of drug-likeness (QED) is 0.880. The minimum Gasteiger partial charge on any atom is -0.334 e. The molecule has 1 aliphatic carbocycles. The molecule has 2 fully saturated rings. The van der Waals surface area contributed by atoms with E-state index in [1.807, 2.05) is 0 Å². The summed E-state index contributed by atoms with van der Waals surface area (Å²) in [6.07, 6.45) is 6.57. The lowest BCUT2D eigenvalue weighted by Crippen LogP contribution is -2.35. The van der Waals surface area contributed by atoms with Crippen LogP contribution in [-0.2, 0) is 15.6 Å². The third kappa shape index (κ3) is 3.06. The van der Waals surface area contributed by atoms with Crippen molar-refractivity contribution >= 4 is 10.0 Å². The number of nitrogens with zero attached hydrogens (tertiary/aromatic N) is 3. The molecule has 7 nitrogen and oxygen atoms in total. The maximum Gasteiger partial charge on any atom is 0.259 e. The molecule has 0 bridgehead atoms. The molecule has 1 aromatic carbocycles. The van der Waals surface area contributed by atoms with Crippen molar-refractivity contribution in [2.45, 2.75) is 55.4 Å². The van der Waals surface area contributed by atoms with E-state index in [1.54, 1.807) is 28.6 Å². The first-order valence-corrected chi connectivity index (χ1v) is 10.7. The molecule has 140 valence electrons. The highest BCUT2D eigenvalue weighted by atomic mass is 32.2. The van der Waals surface area contributed by atoms with Crippen LogP contribution < -0.4 is 5.73 Å². The number of hydrogen-bond acceptors (Lipinski definition) is 6. The summed E-state index contributed by atoms with van der Waals surface area (Å²) in [5.41, 5.74) is 6.28. The van der Waals surface area contributed by atoms with E-state index in [1.165, 1.54) is 0 Å². The third-order valence-corrected chi connectivity index (χ3v) is 7.37. The van der Waals surface area contributed by atoms with Crippen molar-refractivity contribution in [3.05, 3.63) is 30.1 Å². The lowest BCUT2D eigenvalue weighted by atomic mass is 9.99. The van der Waals surface area contributed by atoms with Crippen molar-refractivity contribution in [3.63, 3.8) is 0 Å². The molecular weight excluding hydrogens is 352 g/mol. The van der Waals surface area contributed by atoms with Gasteiger partial charge in [0.15, 0.2) is 5.82 Å². The molecule has 0 radical (unpaired) electrons. The van der Waals surface area contributed by atoms with Gasteiger partial charge in [-0.05, 0) is 37.8 Å². The van der Waals surface area contributed by atoms with Gasteiger partial charge in [-0.2, -0.15) is 9.29 Å². The van der Waals surface area contributed by atoms with Crippen molar-refractivity contribution < 1.29 is 12.9 Å². The molecule has 1 saturated carbocycles. The summed E-state index contributed by atoms with van der Waals surface area (Å²) < 4.78 is 33.2. The number of hydrogen-bond donors (Lipinski definition) is 1. The zero-order valence-electron chi connectivity index (χ0n) is 14.7. The van der Waals surface area contributed by atoms with Gasteiger partial charge in [-0.3, -0.25) is 0 Å².